The third kappa shape index (κ3) is 6.10. The number of aliphatic hydroxyl groups excluding tert-OH is 1. The summed E-state index contributed by atoms with van der Waals surface area (Å²) >= 11 is 0. The van der Waals surface area contributed by atoms with Gasteiger partial charge in [0.15, 0.2) is 0 Å². The first-order valence-corrected chi connectivity index (χ1v) is 10.7. The molecule has 1 aliphatic rings. The number of anilines is 2. The van der Waals surface area contributed by atoms with Gasteiger partial charge in [-0.1, -0.05) is 24.0 Å². The second-order valence-electron chi connectivity index (χ2n) is 8.14. The molecule has 5 nitrogen and oxygen atoms in total. The van der Waals surface area contributed by atoms with Crippen molar-refractivity contribution in [2.24, 2.45) is 0 Å². The van der Waals surface area contributed by atoms with Crippen LogP contribution in [0.4, 0.5) is 37.8 Å². The van der Waals surface area contributed by atoms with Gasteiger partial charge in [0, 0.05) is 34.1 Å². The molecule has 0 radical (unpaired) electrons. The highest BCUT2D eigenvalue weighted by atomic mass is 19.4. The van der Waals surface area contributed by atoms with Gasteiger partial charge in [-0.05, 0) is 55.0 Å². The fraction of sp³-hybridized carbons (Fsp3) is 0.154. The first kappa shape index (κ1) is 25.8. The summed E-state index contributed by atoms with van der Waals surface area (Å²) in [4.78, 5) is 16.8. The molecule has 0 fully saturated rings. The third-order valence-electron chi connectivity index (χ3n) is 5.35. The second kappa shape index (κ2) is 9.63. The summed E-state index contributed by atoms with van der Waals surface area (Å²) in [5.41, 5.74) is -1.35. The van der Waals surface area contributed by atoms with Crippen molar-refractivity contribution in [2.45, 2.75) is 25.5 Å². The van der Waals surface area contributed by atoms with Crippen molar-refractivity contribution in [3.63, 3.8) is 0 Å². The molecule has 1 aliphatic heterocycles. The van der Waals surface area contributed by atoms with Crippen molar-refractivity contribution in [3.8, 4) is 11.8 Å². The van der Waals surface area contributed by atoms with Gasteiger partial charge < -0.3 is 15.7 Å². The summed E-state index contributed by atoms with van der Waals surface area (Å²) in [7, 11) is 0. The molecule has 1 aromatic heterocycles. The summed E-state index contributed by atoms with van der Waals surface area (Å²) < 4.78 is 78.7. The topological polar surface area (TPSA) is 74.2 Å². The van der Waals surface area contributed by atoms with Crippen molar-refractivity contribution in [1.29, 1.82) is 0 Å². The van der Waals surface area contributed by atoms with Gasteiger partial charge in [0.25, 0.3) is 5.91 Å². The van der Waals surface area contributed by atoms with Gasteiger partial charge >= 0.3 is 12.4 Å². The van der Waals surface area contributed by atoms with E-state index in [1.165, 1.54) is 18.3 Å². The quantitative estimate of drug-likeness (QED) is 0.295. The van der Waals surface area contributed by atoms with Gasteiger partial charge in [-0.15, -0.1) is 0 Å². The van der Waals surface area contributed by atoms with Crippen LogP contribution in [-0.2, 0) is 12.4 Å². The number of carbonyl (C=O) groups excluding carboxylic acids is 1. The largest absolute Gasteiger partial charge is 0.416 e. The number of nitrogens with one attached hydrogen (secondary N) is 2. The molecular weight excluding hydrogens is 500 g/mol. The Labute approximate surface area is 206 Å². The average molecular weight is 517 g/mol. The number of hydrogen-bond donors (Lipinski definition) is 3. The maximum atomic E-state index is 13.1. The van der Waals surface area contributed by atoms with E-state index in [0.717, 1.165) is 5.56 Å². The Hall–Kier alpha value is -4.30. The van der Waals surface area contributed by atoms with Crippen LogP contribution in [0.1, 0.15) is 43.7 Å². The molecule has 0 saturated heterocycles. The number of aryl methyl sites for hydroxylation is 1. The lowest BCUT2D eigenvalue weighted by Gasteiger charge is -2.16. The van der Waals surface area contributed by atoms with Crippen molar-refractivity contribution >= 4 is 23.5 Å². The Morgan fingerprint density at radius 3 is 2.32 bits per heavy atom. The molecule has 190 valence electrons. The van der Waals surface area contributed by atoms with Crippen LogP contribution in [0.3, 0.4) is 0 Å². The van der Waals surface area contributed by atoms with Gasteiger partial charge in [-0.2, -0.15) is 26.3 Å². The monoisotopic (exact) mass is 517 g/mol. The van der Waals surface area contributed by atoms with E-state index >= 15 is 0 Å². The van der Waals surface area contributed by atoms with E-state index in [9.17, 15) is 36.2 Å². The first-order chi connectivity index (χ1) is 17.3. The number of carbonyl (C=O) groups is 1. The molecule has 0 spiro atoms. The van der Waals surface area contributed by atoms with Crippen molar-refractivity contribution < 1.29 is 36.2 Å². The maximum absolute atomic E-state index is 13.1. The molecule has 1 amide bonds. The molecule has 0 aliphatic carbocycles. The van der Waals surface area contributed by atoms with E-state index in [0.29, 0.717) is 34.6 Å². The van der Waals surface area contributed by atoms with Crippen LogP contribution < -0.4 is 10.6 Å². The molecule has 11 heteroatoms. The highest BCUT2D eigenvalue weighted by Crippen LogP contribution is 2.36. The first-order valence-electron chi connectivity index (χ1n) is 10.7. The van der Waals surface area contributed by atoms with Crippen molar-refractivity contribution in [3.05, 3.63) is 93.7 Å². The zero-order valence-electron chi connectivity index (χ0n) is 18.9. The number of hydrogen-bond acceptors (Lipinski definition) is 4. The number of rotatable bonds is 2. The number of benzene rings is 2. The molecule has 3 N–H and O–H groups in total. The predicted octanol–water partition coefficient (Wildman–Crippen LogP) is 5.84. The van der Waals surface area contributed by atoms with Crippen LogP contribution >= 0.6 is 0 Å². The summed E-state index contributed by atoms with van der Waals surface area (Å²) in [6.07, 6.45) is -6.25. The average Bonchev–Trinajstić information content (AvgIpc) is 2.83. The van der Waals surface area contributed by atoms with Gasteiger partial charge in [0.2, 0.25) is 0 Å². The van der Waals surface area contributed by atoms with E-state index in [1.807, 2.05) is 0 Å². The molecule has 1 atom stereocenters. The maximum Gasteiger partial charge on any atom is 0.416 e. The molecule has 37 heavy (non-hydrogen) atoms. The fourth-order valence-electron chi connectivity index (χ4n) is 3.44. The lowest BCUT2D eigenvalue weighted by atomic mass is 10.0. The summed E-state index contributed by atoms with van der Waals surface area (Å²) in [6, 6.07) is 6.96. The van der Waals surface area contributed by atoms with E-state index in [4.69, 9.17) is 0 Å². The minimum Gasteiger partial charge on any atom is -0.370 e. The van der Waals surface area contributed by atoms with Crippen LogP contribution in [0.15, 0.2) is 54.7 Å². The highest BCUT2D eigenvalue weighted by Gasteiger charge is 2.37. The lowest BCUT2D eigenvalue weighted by molar-refractivity contribution is -0.143. The summed E-state index contributed by atoms with van der Waals surface area (Å²) in [6.45, 7) is 1.75. The third-order valence-corrected chi connectivity index (χ3v) is 5.35. The van der Waals surface area contributed by atoms with Crippen LogP contribution in [0, 0.1) is 18.8 Å². The van der Waals surface area contributed by atoms with Gasteiger partial charge in [0.05, 0.1) is 11.1 Å². The number of pyridine rings is 1. The zero-order valence-corrected chi connectivity index (χ0v) is 18.9. The Bertz CT molecular complexity index is 1430. The van der Waals surface area contributed by atoms with Crippen LogP contribution in [0.2, 0.25) is 0 Å². The van der Waals surface area contributed by atoms with Gasteiger partial charge in [-0.25, -0.2) is 4.98 Å². The Morgan fingerprint density at radius 2 is 1.68 bits per heavy atom. The van der Waals surface area contributed by atoms with Crippen LogP contribution in [-0.4, -0.2) is 22.2 Å². The van der Waals surface area contributed by atoms with Crippen molar-refractivity contribution in [1.82, 2.24) is 4.98 Å². The number of halogens is 6. The molecule has 3 aromatic rings. The Kier molecular flexibility index (Phi) is 6.71. The molecule has 2 heterocycles. The molecule has 4 rings (SSSR count). The SMILES string of the molecule is Cc1ccc(NC(=O)c2cc(C(F)(F)F)cc(C(F)(F)F)c2)cc1C#Cc1cnc2c(c1)C=CC(O)N2. The molecular formula is C26H17F6N3O2. The van der Waals surface area contributed by atoms with Gasteiger partial charge in [0.1, 0.15) is 12.0 Å². The van der Waals surface area contributed by atoms with E-state index < -0.39 is 41.2 Å². The van der Waals surface area contributed by atoms with E-state index in [2.05, 4.69) is 27.5 Å². The molecule has 1 unspecified atom stereocenters. The Morgan fingerprint density at radius 1 is 1.00 bits per heavy atom. The number of fused-ring (bicyclic) bond motifs is 1. The number of aliphatic hydroxyl groups is 1. The molecule has 0 saturated carbocycles. The molecule has 2 aromatic carbocycles. The lowest BCUT2D eigenvalue weighted by Crippen LogP contribution is -2.19. The highest BCUT2D eigenvalue weighted by molar-refractivity contribution is 6.04. The number of nitrogens with zero attached hydrogens (tertiary/aromatic N) is 1. The second-order valence-corrected chi connectivity index (χ2v) is 8.14. The number of amides is 1. The minimum absolute atomic E-state index is 0.0418. The van der Waals surface area contributed by atoms with Crippen LogP contribution in [0.5, 0.6) is 0 Å². The summed E-state index contributed by atoms with van der Waals surface area (Å²) in [5.74, 6) is 5.20. The van der Waals surface area contributed by atoms with E-state index in [-0.39, 0.29) is 11.8 Å². The van der Waals surface area contributed by atoms with Crippen molar-refractivity contribution in [2.75, 3.05) is 10.6 Å². The fourth-order valence-corrected chi connectivity index (χ4v) is 3.44. The predicted molar refractivity (Wildman–Crippen MR) is 124 cm³/mol. The van der Waals surface area contributed by atoms with E-state index in [1.54, 1.807) is 31.2 Å². The smallest absolute Gasteiger partial charge is 0.370 e. The standard InChI is InChI=1S/C26H17F6N3O2/c1-14-2-6-21(11-16(14)4-3-15-8-17-5-7-22(36)35-23(17)33-13-15)34-24(37)18-9-19(25(27,28)29)12-20(10-18)26(30,31)32/h2,5-13,22,36H,1H3,(H,33,35)(H,34,37). The molecule has 0 bridgehead atoms. The Balaban J connectivity index is 1.60. The number of aromatic nitrogens is 1. The van der Waals surface area contributed by atoms with Gasteiger partial charge in [-0.3, -0.25) is 4.79 Å². The van der Waals surface area contributed by atoms with Crippen LogP contribution in [0.25, 0.3) is 6.08 Å². The number of alkyl halides is 6. The summed E-state index contributed by atoms with van der Waals surface area (Å²) in [5, 5.41) is 14.7. The minimum atomic E-state index is -5.07. The normalized spacial score (nSPS) is 14.8. The zero-order chi connectivity index (χ0) is 27.0.